The fraction of sp³-hybridized carbons (Fsp3) is 0.263. The maximum absolute atomic E-state index is 11.9. The van der Waals surface area contributed by atoms with Crippen LogP contribution in [0, 0.1) is 6.92 Å². The molecule has 6 heteroatoms. The fourth-order valence-electron chi connectivity index (χ4n) is 2.32. The first-order valence-electron chi connectivity index (χ1n) is 7.86. The van der Waals surface area contributed by atoms with Gasteiger partial charge in [0.25, 0.3) is 0 Å². The molecule has 0 aromatic heterocycles. The molecule has 2 rings (SSSR count). The molecule has 132 valence electrons. The molecule has 0 saturated heterocycles. The molecule has 0 aliphatic carbocycles. The van der Waals surface area contributed by atoms with Crippen molar-refractivity contribution < 1.29 is 19.1 Å². The van der Waals surface area contributed by atoms with Gasteiger partial charge in [0.2, 0.25) is 0 Å². The number of carbonyl (C=O) groups excluding carboxylic acids is 2. The van der Waals surface area contributed by atoms with Crippen molar-refractivity contribution in [1.29, 1.82) is 0 Å². The number of methoxy groups -OCH3 is 2. The van der Waals surface area contributed by atoms with Gasteiger partial charge in [-0.25, -0.2) is 0 Å². The van der Waals surface area contributed by atoms with Gasteiger partial charge in [-0.1, -0.05) is 30.3 Å². The van der Waals surface area contributed by atoms with E-state index in [0.29, 0.717) is 18.0 Å². The number of benzene rings is 2. The molecular formula is C19H22N2O4. The number of rotatable bonds is 6. The minimum Gasteiger partial charge on any atom is -0.493 e. The largest absolute Gasteiger partial charge is 0.493 e. The van der Waals surface area contributed by atoms with Crippen molar-refractivity contribution >= 4 is 11.8 Å². The summed E-state index contributed by atoms with van der Waals surface area (Å²) in [5.74, 6) is -0.168. The van der Waals surface area contributed by atoms with Crippen LogP contribution in [0.2, 0.25) is 0 Å². The zero-order valence-corrected chi connectivity index (χ0v) is 14.6. The molecule has 25 heavy (non-hydrogen) atoms. The molecule has 0 spiro atoms. The average Bonchev–Trinajstić information content (AvgIpc) is 2.64. The van der Waals surface area contributed by atoms with Gasteiger partial charge in [-0.2, -0.15) is 0 Å². The van der Waals surface area contributed by atoms with E-state index in [0.717, 1.165) is 16.7 Å². The molecule has 0 aliphatic rings. The lowest BCUT2D eigenvalue weighted by atomic mass is 10.1. The van der Waals surface area contributed by atoms with E-state index in [1.165, 1.54) is 0 Å². The third-order valence-electron chi connectivity index (χ3n) is 3.81. The second kappa shape index (κ2) is 8.73. The Balaban J connectivity index is 1.87. The molecule has 0 atom stereocenters. The topological polar surface area (TPSA) is 76.7 Å². The minimum atomic E-state index is -0.677. The highest BCUT2D eigenvalue weighted by Crippen LogP contribution is 2.27. The first-order chi connectivity index (χ1) is 12.0. The van der Waals surface area contributed by atoms with Crippen LogP contribution in [-0.4, -0.2) is 26.0 Å². The minimum absolute atomic E-state index is 0.219. The van der Waals surface area contributed by atoms with Crippen molar-refractivity contribution in [3.8, 4) is 11.5 Å². The average molecular weight is 342 g/mol. The third-order valence-corrected chi connectivity index (χ3v) is 3.81. The monoisotopic (exact) mass is 342 g/mol. The Morgan fingerprint density at radius 2 is 1.52 bits per heavy atom. The number of aryl methyl sites for hydroxylation is 1. The number of hydrogen-bond acceptors (Lipinski definition) is 4. The molecule has 0 heterocycles. The Morgan fingerprint density at radius 1 is 0.880 bits per heavy atom. The molecule has 2 amide bonds. The summed E-state index contributed by atoms with van der Waals surface area (Å²) >= 11 is 0. The zero-order valence-electron chi connectivity index (χ0n) is 14.6. The predicted octanol–water partition coefficient (Wildman–Crippen LogP) is 1.94. The Kier molecular flexibility index (Phi) is 6.39. The fourth-order valence-corrected chi connectivity index (χ4v) is 2.32. The van der Waals surface area contributed by atoms with E-state index < -0.39 is 11.8 Å². The van der Waals surface area contributed by atoms with Crippen molar-refractivity contribution in [3.63, 3.8) is 0 Å². The molecule has 0 aliphatic heterocycles. The zero-order chi connectivity index (χ0) is 18.2. The van der Waals surface area contributed by atoms with Crippen LogP contribution in [-0.2, 0) is 22.7 Å². The van der Waals surface area contributed by atoms with Crippen molar-refractivity contribution in [1.82, 2.24) is 10.6 Å². The van der Waals surface area contributed by atoms with Gasteiger partial charge in [0, 0.05) is 13.1 Å². The first kappa shape index (κ1) is 18.3. The Labute approximate surface area is 147 Å². The molecule has 6 nitrogen and oxygen atoms in total. The van der Waals surface area contributed by atoms with Crippen LogP contribution < -0.4 is 20.1 Å². The quantitative estimate of drug-likeness (QED) is 0.787. The highest BCUT2D eigenvalue weighted by atomic mass is 16.5. The van der Waals surface area contributed by atoms with Crippen LogP contribution in [0.1, 0.15) is 16.7 Å². The molecule has 0 radical (unpaired) electrons. The summed E-state index contributed by atoms with van der Waals surface area (Å²) in [6.45, 7) is 2.49. The summed E-state index contributed by atoms with van der Waals surface area (Å²) in [7, 11) is 3.09. The van der Waals surface area contributed by atoms with E-state index in [1.807, 2.05) is 31.2 Å². The second-order valence-electron chi connectivity index (χ2n) is 5.48. The summed E-state index contributed by atoms with van der Waals surface area (Å²) in [4.78, 5) is 23.8. The van der Waals surface area contributed by atoms with Crippen molar-refractivity contribution in [3.05, 3.63) is 59.2 Å². The number of amides is 2. The molecule has 0 saturated carbocycles. The Hall–Kier alpha value is -3.02. The smallest absolute Gasteiger partial charge is 0.309 e. The SMILES string of the molecule is COc1ccc(CNC(=O)C(=O)NCc2ccccc2C)cc1OC. The predicted molar refractivity (Wildman–Crippen MR) is 94.4 cm³/mol. The molecule has 0 unspecified atom stereocenters. The molecule has 2 aromatic rings. The highest BCUT2D eigenvalue weighted by Gasteiger charge is 2.13. The van der Waals surface area contributed by atoms with Crippen molar-refractivity contribution in [2.75, 3.05) is 14.2 Å². The van der Waals surface area contributed by atoms with E-state index in [4.69, 9.17) is 9.47 Å². The van der Waals surface area contributed by atoms with E-state index in [9.17, 15) is 9.59 Å². The van der Waals surface area contributed by atoms with Crippen LogP contribution >= 0.6 is 0 Å². The summed E-state index contributed by atoms with van der Waals surface area (Å²) in [6, 6.07) is 13.0. The lowest BCUT2D eigenvalue weighted by Gasteiger charge is -2.11. The van der Waals surface area contributed by atoms with E-state index >= 15 is 0 Å². The molecule has 2 aromatic carbocycles. The normalized spacial score (nSPS) is 10.0. The number of nitrogens with one attached hydrogen (secondary N) is 2. The summed E-state index contributed by atoms with van der Waals surface area (Å²) in [5.41, 5.74) is 2.84. The van der Waals surface area contributed by atoms with Gasteiger partial charge in [0.15, 0.2) is 11.5 Å². The van der Waals surface area contributed by atoms with Crippen LogP contribution in [0.4, 0.5) is 0 Å². The van der Waals surface area contributed by atoms with E-state index in [-0.39, 0.29) is 6.54 Å². The van der Waals surface area contributed by atoms with Gasteiger partial charge in [-0.3, -0.25) is 9.59 Å². The van der Waals surface area contributed by atoms with Gasteiger partial charge in [-0.15, -0.1) is 0 Å². The van der Waals surface area contributed by atoms with E-state index in [2.05, 4.69) is 10.6 Å². The van der Waals surface area contributed by atoms with Crippen LogP contribution in [0.5, 0.6) is 11.5 Å². The highest BCUT2D eigenvalue weighted by molar-refractivity contribution is 6.35. The van der Waals surface area contributed by atoms with Gasteiger partial charge in [0.05, 0.1) is 14.2 Å². The summed E-state index contributed by atoms with van der Waals surface area (Å²) < 4.78 is 10.4. The van der Waals surface area contributed by atoms with Crippen LogP contribution in [0.15, 0.2) is 42.5 Å². The van der Waals surface area contributed by atoms with Crippen molar-refractivity contribution in [2.24, 2.45) is 0 Å². The van der Waals surface area contributed by atoms with Gasteiger partial charge >= 0.3 is 11.8 Å². The lowest BCUT2D eigenvalue weighted by molar-refractivity contribution is -0.139. The first-order valence-corrected chi connectivity index (χ1v) is 7.86. The molecular weight excluding hydrogens is 320 g/mol. The third kappa shape index (κ3) is 4.97. The maximum atomic E-state index is 11.9. The molecule has 0 bridgehead atoms. The number of carbonyl (C=O) groups is 2. The standard InChI is InChI=1S/C19H22N2O4/c1-13-6-4-5-7-15(13)12-21-19(23)18(22)20-11-14-8-9-16(24-2)17(10-14)25-3/h4-10H,11-12H2,1-3H3,(H,20,22)(H,21,23). The lowest BCUT2D eigenvalue weighted by Crippen LogP contribution is -2.39. The summed E-state index contributed by atoms with van der Waals surface area (Å²) in [5, 5.41) is 5.21. The maximum Gasteiger partial charge on any atom is 0.309 e. The molecule has 0 fully saturated rings. The Morgan fingerprint density at radius 3 is 2.16 bits per heavy atom. The van der Waals surface area contributed by atoms with Crippen LogP contribution in [0.3, 0.4) is 0 Å². The van der Waals surface area contributed by atoms with Crippen molar-refractivity contribution in [2.45, 2.75) is 20.0 Å². The van der Waals surface area contributed by atoms with E-state index in [1.54, 1.807) is 32.4 Å². The van der Waals surface area contributed by atoms with Gasteiger partial charge in [0.1, 0.15) is 0 Å². The van der Waals surface area contributed by atoms with Crippen LogP contribution in [0.25, 0.3) is 0 Å². The van der Waals surface area contributed by atoms with Gasteiger partial charge in [-0.05, 0) is 35.7 Å². The van der Waals surface area contributed by atoms with Gasteiger partial charge < -0.3 is 20.1 Å². The molecule has 2 N–H and O–H groups in total. The Bertz CT molecular complexity index is 759. The number of ether oxygens (including phenoxy) is 2. The second-order valence-corrected chi connectivity index (χ2v) is 5.48. The number of hydrogen-bond donors (Lipinski definition) is 2. The summed E-state index contributed by atoms with van der Waals surface area (Å²) in [6.07, 6.45) is 0.